The van der Waals surface area contributed by atoms with Gasteiger partial charge in [-0.1, -0.05) is 31.6 Å². The summed E-state index contributed by atoms with van der Waals surface area (Å²) in [4.78, 5) is 0. The van der Waals surface area contributed by atoms with E-state index in [9.17, 15) is 5.11 Å². The van der Waals surface area contributed by atoms with Crippen molar-refractivity contribution >= 4 is 11.6 Å². The van der Waals surface area contributed by atoms with Gasteiger partial charge in [0, 0.05) is 0 Å². The summed E-state index contributed by atoms with van der Waals surface area (Å²) in [6.07, 6.45) is 8.23. The number of hydrogen-bond donors (Lipinski definition) is 1. The standard InChI is InChI=1S/C18H22O/c1-3-15-17-10-7-12(2)16(17)6-4-5-13-8-9-14(19)11-18(13)15/h5,8-9,11-12,19H,3-4,6-7,10H2,1-2H3. The lowest BCUT2D eigenvalue weighted by molar-refractivity contribution is 0.474. The zero-order chi connectivity index (χ0) is 13.4. The van der Waals surface area contributed by atoms with Crippen molar-refractivity contribution in [3.05, 3.63) is 39.8 Å². The summed E-state index contributed by atoms with van der Waals surface area (Å²) in [6.45, 7) is 4.60. The second-order valence-electron chi connectivity index (χ2n) is 5.79. The number of phenolic OH excluding ortho intramolecular Hbond substituents is 1. The highest BCUT2D eigenvalue weighted by Crippen LogP contribution is 2.39. The molecule has 1 atom stereocenters. The molecule has 0 fully saturated rings. The van der Waals surface area contributed by atoms with E-state index in [-0.39, 0.29) is 0 Å². The summed E-state index contributed by atoms with van der Waals surface area (Å²) in [7, 11) is 0. The Morgan fingerprint density at radius 3 is 2.89 bits per heavy atom. The van der Waals surface area contributed by atoms with Gasteiger partial charge in [0.25, 0.3) is 0 Å². The van der Waals surface area contributed by atoms with Crippen LogP contribution in [0.4, 0.5) is 0 Å². The van der Waals surface area contributed by atoms with Crippen LogP contribution in [0.2, 0.25) is 0 Å². The van der Waals surface area contributed by atoms with Crippen molar-refractivity contribution < 1.29 is 5.11 Å². The van der Waals surface area contributed by atoms with E-state index in [1.54, 1.807) is 17.2 Å². The van der Waals surface area contributed by atoms with Gasteiger partial charge in [0.15, 0.2) is 0 Å². The third kappa shape index (κ3) is 2.11. The van der Waals surface area contributed by atoms with Crippen LogP contribution in [0.15, 0.2) is 29.3 Å². The lowest BCUT2D eigenvalue weighted by Crippen LogP contribution is -2.28. The third-order valence-electron chi connectivity index (χ3n) is 4.67. The molecule has 1 aromatic carbocycles. The van der Waals surface area contributed by atoms with Gasteiger partial charge in [-0.3, -0.25) is 0 Å². The number of aromatic hydroxyl groups is 1. The van der Waals surface area contributed by atoms with Gasteiger partial charge in [0.05, 0.1) is 0 Å². The van der Waals surface area contributed by atoms with Crippen LogP contribution in [0.5, 0.6) is 5.75 Å². The molecule has 0 saturated heterocycles. The average Bonchev–Trinajstić information content (AvgIpc) is 2.72. The first kappa shape index (κ1) is 12.5. The maximum absolute atomic E-state index is 9.81. The monoisotopic (exact) mass is 254 g/mol. The minimum atomic E-state index is 0.381. The molecule has 1 heteroatoms. The summed E-state index contributed by atoms with van der Waals surface area (Å²) in [6, 6.07) is 5.81. The van der Waals surface area contributed by atoms with Crippen LogP contribution in [0, 0.1) is 5.92 Å². The molecule has 1 N–H and O–H groups in total. The second-order valence-corrected chi connectivity index (χ2v) is 5.79. The Labute approximate surface area is 115 Å². The van der Waals surface area contributed by atoms with E-state index in [0.717, 1.165) is 18.8 Å². The molecule has 1 aromatic rings. The van der Waals surface area contributed by atoms with Gasteiger partial charge in [0.1, 0.15) is 5.75 Å². The summed E-state index contributed by atoms with van der Waals surface area (Å²) in [5.74, 6) is 1.12. The number of benzene rings is 1. The van der Waals surface area contributed by atoms with Gasteiger partial charge in [-0.15, -0.1) is 0 Å². The van der Waals surface area contributed by atoms with E-state index in [1.165, 1.54) is 35.3 Å². The molecule has 0 heterocycles. The highest BCUT2D eigenvalue weighted by molar-refractivity contribution is 5.68. The minimum Gasteiger partial charge on any atom is -0.508 e. The number of rotatable bonds is 1. The molecule has 1 unspecified atom stereocenters. The van der Waals surface area contributed by atoms with Crippen LogP contribution in [-0.2, 0) is 0 Å². The van der Waals surface area contributed by atoms with Crippen molar-refractivity contribution in [3.8, 4) is 5.75 Å². The van der Waals surface area contributed by atoms with Crippen molar-refractivity contribution in [1.82, 2.24) is 0 Å². The van der Waals surface area contributed by atoms with Crippen molar-refractivity contribution in [2.45, 2.75) is 46.0 Å². The summed E-state index contributed by atoms with van der Waals surface area (Å²) in [5.41, 5.74) is 4.72. The Balaban J connectivity index is 2.35. The molecule has 0 bridgehead atoms. The van der Waals surface area contributed by atoms with Gasteiger partial charge < -0.3 is 5.11 Å². The number of phenols is 1. The lowest BCUT2D eigenvalue weighted by atomic mass is 9.90. The van der Waals surface area contributed by atoms with Crippen molar-refractivity contribution in [3.63, 3.8) is 0 Å². The molecule has 0 saturated carbocycles. The van der Waals surface area contributed by atoms with Crippen molar-refractivity contribution in [1.29, 1.82) is 0 Å². The van der Waals surface area contributed by atoms with E-state index < -0.39 is 0 Å². The molecule has 2 aliphatic carbocycles. The van der Waals surface area contributed by atoms with E-state index in [4.69, 9.17) is 0 Å². The predicted molar refractivity (Wildman–Crippen MR) is 80.2 cm³/mol. The molecule has 0 amide bonds. The molecule has 2 aliphatic rings. The summed E-state index contributed by atoms with van der Waals surface area (Å²) in [5, 5.41) is 12.4. The zero-order valence-electron chi connectivity index (χ0n) is 11.9. The summed E-state index contributed by atoms with van der Waals surface area (Å²) < 4.78 is 0. The second kappa shape index (κ2) is 4.88. The first-order valence-corrected chi connectivity index (χ1v) is 7.45. The van der Waals surface area contributed by atoms with E-state index in [1.807, 2.05) is 6.07 Å². The first-order valence-electron chi connectivity index (χ1n) is 7.45. The Kier molecular flexibility index (Phi) is 3.22. The Morgan fingerprint density at radius 2 is 2.11 bits per heavy atom. The molecule has 100 valence electrons. The highest BCUT2D eigenvalue weighted by Gasteiger charge is 2.24. The lowest BCUT2D eigenvalue weighted by Gasteiger charge is -2.15. The number of fused-ring (bicyclic) bond motifs is 1. The first-order chi connectivity index (χ1) is 9.20. The average molecular weight is 254 g/mol. The Hall–Kier alpha value is -1.50. The highest BCUT2D eigenvalue weighted by atomic mass is 16.3. The van der Waals surface area contributed by atoms with Crippen molar-refractivity contribution in [2.75, 3.05) is 0 Å². The number of hydrogen-bond acceptors (Lipinski definition) is 1. The quantitative estimate of drug-likeness (QED) is 0.815. The zero-order valence-corrected chi connectivity index (χ0v) is 11.9. The molecule has 0 spiro atoms. The molecule has 0 aromatic heterocycles. The van der Waals surface area contributed by atoms with Gasteiger partial charge in [0.2, 0.25) is 0 Å². The molecular weight excluding hydrogens is 232 g/mol. The van der Waals surface area contributed by atoms with Crippen molar-refractivity contribution in [2.24, 2.45) is 5.92 Å². The minimum absolute atomic E-state index is 0.381. The van der Waals surface area contributed by atoms with Crippen LogP contribution < -0.4 is 10.4 Å². The van der Waals surface area contributed by atoms with E-state index in [0.29, 0.717) is 5.75 Å². The van der Waals surface area contributed by atoms with Crippen LogP contribution >= 0.6 is 0 Å². The fourth-order valence-corrected chi connectivity index (χ4v) is 3.67. The van der Waals surface area contributed by atoms with Gasteiger partial charge in [-0.2, -0.15) is 0 Å². The van der Waals surface area contributed by atoms with Gasteiger partial charge in [-0.25, -0.2) is 0 Å². The maximum atomic E-state index is 9.81. The fraction of sp³-hybridized carbons (Fsp3) is 0.444. The van der Waals surface area contributed by atoms with Gasteiger partial charge in [-0.05, 0) is 71.7 Å². The van der Waals surface area contributed by atoms with Crippen LogP contribution in [0.1, 0.15) is 46.0 Å². The van der Waals surface area contributed by atoms with Gasteiger partial charge >= 0.3 is 0 Å². The fourth-order valence-electron chi connectivity index (χ4n) is 3.67. The predicted octanol–water partition coefficient (Wildman–Crippen LogP) is 3.25. The molecule has 19 heavy (non-hydrogen) atoms. The van der Waals surface area contributed by atoms with E-state index >= 15 is 0 Å². The summed E-state index contributed by atoms with van der Waals surface area (Å²) >= 11 is 0. The molecule has 1 nitrogen and oxygen atoms in total. The molecule has 0 radical (unpaired) electrons. The maximum Gasteiger partial charge on any atom is 0.116 e. The topological polar surface area (TPSA) is 20.2 Å². The largest absolute Gasteiger partial charge is 0.508 e. The normalized spacial score (nSPS) is 22.4. The molecule has 0 aliphatic heterocycles. The molecule has 3 rings (SSSR count). The van der Waals surface area contributed by atoms with Crippen LogP contribution in [0.25, 0.3) is 11.6 Å². The SMILES string of the molecule is CCC1=c2cc(O)ccc2=CCCC2=C1CCC2C. The Bertz CT molecular complexity index is 649. The van der Waals surface area contributed by atoms with Crippen LogP contribution in [0.3, 0.4) is 0 Å². The molecular formula is C18H22O. The third-order valence-corrected chi connectivity index (χ3v) is 4.67. The smallest absolute Gasteiger partial charge is 0.116 e. The van der Waals surface area contributed by atoms with E-state index in [2.05, 4.69) is 26.0 Å². The van der Waals surface area contributed by atoms with Crippen LogP contribution in [-0.4, -0.2) is 5.11 Å². The Morgan fingerprint density at radius 1 is 1.26 bits per heavy atom. The number of allylic oxidation sites excluding steroid dienone is 2.